The quantitative estimate of drug-likeness (QED) is 0.876. The van der Waals surface area contributed by atoms with Crippen LogP contribution in [0, 0.1) is 0 Å². The molecule has 1 aromatic rings. The van der Waals surface area contributed by atoms with Crippen molar-refractivity contribution in [2.24, 2.45) is 5.14 Å². The number of aromatic nitrogens is 1. The number of hydrogen-bond acceptors (Lipinski definition) is 3. The van der Waals surface area contributed by atoms with Gasteiger partial charge in [0.25, 0.3) is 10.0 Å². The number of hydrogen-bond donors (Lipinski definition) is 1. The van der Waals surface area contributed by atoms with Crippen LogP contribution in [0.15, 0.2) is 29.4 Å². The predicted octanol–water partition coefficient (Wildman–Crippen LogP) is 2.32. The molecule has 1 aromatic heterocycles. The van der Waals surface area contributed by atoms with E-state index in [9.17, 15) is 8.42 Å². The molecule has 0 spiro atoms. The van der Waals surface area contributed by atoms with E-state index in [1.807, 2.05) is 13.0 Å². The van der Waals surface area contributed by atoms with E-state index in [0.717, 1.165) is 24.8 Å². The molecule has 0 radical (unpaired) electrons. The van der Waals surface area contributed by atoms with Crippen LogP contribution in [0.5, 0.6) is 0 Å². The summed E-state index contributed by atoms with van der Waals surface area (Å²) in [4.78, 5) is 3.87. The Bertz CT molecular complexity index is 507. The third kappa shape index (κ3) is 3.64. The van der Waals surface area contributed by atoms with Crippen LogP contribution >= 0.6 is 0 Å². The lowest BCUT2D eigenvalue weighted by Gasteiger charge is -2.10. The molecule has 5 heteroatoms. The van der Waals surface area contributed by atoms with Crippen molar-refractivity contribution in [2.45, 2.75) is 38.1 Å². The summed E-state index contributed by atoms with van der Waals surface area (Å²) in [7, 11) is -3.77. The lowest BCUT2D eigenvalue weighted by molar-refractivity contribution is 0.593. The number of unbranched alkanes of at least 4 members (excludes halogenated alkanes) is 1. The molecule has 2 N–H and O–H groups in total. The molecule has 0 saturated heterocycles. The summed E-state index contributed by atoms with van der Waals surface area (Å²) < 4.78 is 22.9. The van der Waals surface area contributed by atoms with Crippen molar-refractivity contribution >= 4 is 15.6 Å². The van der Waals surface area contributed by atoms with Crippen LogP contribution in [0.25, 0.3) is 5.57 Å². The minimum atomic E-state index is -3.77. The maximum Gasteiger partial charge on any atom is 0.256 e. The van der Waals surface area contributed by atoms with Crippen LogP contribution in [0.1, 0.15) is 38.7 Å². The zero-order chi connectivity index (χ0) is 12.9. The van der Waals surface area contributed by atoms with E-state index in [0.29, 0.717) is 5.56 Å². The zero-order valence-electron chi connectivity index (χ0n) is 10.2. The number of allylic oxidation sites excluding steroid dienone is 2. The highest BCUT2D eigenvalue weighted by molar-refractivity contribution is 7.89. The minimum Gasteiger partial charge on any atom is -0.243 e. The van der Waals surface area contributed by atoms with E-state index in [2.05, 4.69) is 11.9 Å². The van der Waals surface area contributed by atoms with Crippen molar-refractivity contribution in [3.63, 3.8) is 0 Å². The maximum absolute atomic E-state index is 11.4. The van der Waals surface area contributed by atoms with Gasteiger partial charge in [0.05, 0.1) is 0 Å². The Morgan fingerprint density at radius 2 is 2.24 bits per heavy atom. The number of nitrogens with zero attached hydrogens (tertiary/aromatic N) is 1. The largest absolute Gasteiger partial charge is 0.256 e. The Kier molecular flexibility index (Phi) is 4.84. The minimum absolute atomic E-state index is 0.0378. The Balaban J connectivity index is 3.21. The van der Waals surface area contributed by atoms with Gasteiger partial charge in [0.1, 0.15) is 0 Å². The predicted molar refractivity (Wildman–Crippen MR) is 68.8 cm³/mol. The molecular formula is C12H18N2O2S. The molecule has 0 unspecified atom stereocenters. The standard InChI is InChI=1S/C12H18N2O2S/c1-3-5-7-10(4-2)11-8-6-9-14-12(11)17(13,15)16/h4,6,8-9H,3,5,7H2,1-2H3,(H2,13,15,16). The average molecular weight is 254 g/mol. The summed E-state index contributed by atoms with van der Waals surface area (Å²) in [5.74, 6) is 0. The Morgan fingerprint density at radius 3 is 2.76 bits per heavy atom. The van der Waals surface area contributed by atoms with Gasteiger partial charge in [-0.2, -0.15) is 0 Å². The van der Waals surface area contributed by atoms with Crippen molar-refractivity contribution in [1.29, 1.82) is 0 Å². The third-order valence-electron chi connectivity index (χ3n) is 2.53. The number of rotatable bonds is 5. The Labute approximate surface area is 103 Å². The first-order valence-electron chi connectivity index (χ1n) is 5.64. The first-order chi connectivity index (χ1) is 8.00. The lowest BCUT2D eigenvalue weighted by Crippen LogP contribution is -2.16. The maximum atomic E-state index is 11.4. The number of primary sulfonamides is 1. The second kappa shape index (κ2) is 5.93. The van der Waals surface area contributed by atoms with Crippen LogP contribution in [0.2, 0.25) is 0 Å². The molecule has 1 rings (SSSR count). The van der Waals surface area contributed by atoms with Crippen molar-refractivity contribution < 1.29 is 8.42 Å². The fourth-order valence-corrected chi connectivity index (χ4v) is 2.38. The van der Waals surface area contributed by atoms with Gasteiger partial charge >= 0.3 is 0 Å². The third-order valence-corrected chi connectivity index (χ3v) is 3.40. The molecule has 1 heterocycles. The number of nitrogens with two attached hydrogens (primary N) is 1. The molecule has 0 saturated carbocycles. The van der Waals surface area contributed by atoms with E-state index in [1.165, 1.54) is 6.20 Å². The van der Waals surface area contributed by atoms with Crippen molar-refractivity contribution in [2.75, 3.05) is 0 Å². The second-order valence-electron chi connectivity index (χ2n) is 3.82. The average Bonchev–Trinajstić information content (AvgIpc) is 2.29. The molecular weight excluding hydrogens is 236 g/mol. The molecule has 0 aliphatic heterocycles. The zero-order valence-corrected chi connectivity index (χ0v) is 11.0. The van der Waals surface area contributed by atoms with E-state index in [1.54, 1.807) is 12.1 Å². The first kappa shape index (κ1) is 13.9. The topological polar surface area (TPSA) is 73.0 Å². The van der Waals surface area contributed by atoms with Crippen LogP contribution in [0.4, 0.5) is 0 Å². The van der Waals surface area contributed by atoms with Gasteiger partial charge in [-0.1, -0.05) is 25.5 Å². The van der Waals surface area contributed by atoms with Crippen LogP contribution in [-0.4, -0.2) is 13.4 Å². The molecule has 94 valence electrons. The van der Waals surface area contributed by atoms with Gasteiger partial charge in [0, 0.05) is 11.8 Å². The molecule has 0 aromatic carbocycles. The summed E-state index contributed by atoms with van der Waals surface area (Å²) in [5, 5.41) is 5.12. The molecule has 0 fully saturated rings. The van der Waals surface area contributed by atoms with Gasteiger partial charge < -0.3 is 0 Å². The van der Waals surface area contributed by atoms with Gasteiger partial charge in [-0.25, -0.2) is 18.5 Å². The summed E-state index contributed by atoms with van der Waals surface area (Å²) in [6.45, 7) is 3.99. The summed E-state index contributed by atoms with van der Waals surface area (Å²) in [5.41, 5.74) is 1.59. The SMILES string of the molecule is CC=C(CCCC)c1cccnc1S(N)(=O)=O. The molecule has 0 bridgehead atoms. The van der Waals surface area contributed by atoms with E-state index in [-0.39, 0.29) is 5.03 Å². The van der Waals surface area contributed by atoms with Gasteiger partial charge in [-0.15, -0.1) is 0 Å². The van der Waals surface area contributed by atoms with E-state index < -0.39 is 10.0 Å². The van der Waals surface area contributed by atoms with Gasteiger partial charge in [-0.3, -0.25) is 0 Å². The Hall–Kier alpha value is -1.20. The fourth-order valence-electron chi connectivity index (χ4n) is 1.66. The van der Waals surface area contributed by atoms with Gasteiger partial charge in [-0.05, 0) is 31.4 Å². The smallest absolute Gasteiger partial charge is 0.243 e. The first-order valence-corrected chi connectivity index (χ1v) is 7.18. The van der Waals surface area contributed by atoms with E-state index >= 15 is 0 Å². The van der Waals surface area contributed by atoms with Crippen molar-refractivity contribution in [3.8, 4) is 0 Å². The molecule has 0 amide bonds. The number of pyridine rings is 1. The highest BCUT2D eigenvalue weighted by Gasteiger charge is 2.17. The second-order valence-corrected chi connectivity index (χ2v) is 5.30. The number of sulfonamides is 1. The summed E-state index contributed by atoms with van der Waals surface area (Å²) >= 11 is 0. The normalized spacial score (nSPS) is 12.8. The van der Waals surface area contributed by atoms with Gasteiger partial charge in [0.2, 0.25) is 0 Å². The van der Waals surface area contributed by atoms with Crippen molar-refractivity contribution in [3.05, 3.63) is 30.0 Å². The van der Waals surface area contributed by atoms with Crippen LogP contribution < -0.4 is 5.14 Å². The molecule has 17 heavy (non-hydrogen) atoms. The Morgan fingerprint density at radius 1 is 1.53 bits per heavy atom. The van der Waals surface area contributed by atoms with Crippen molar-refractivity contribution in [1.82, 2.24) is 4.98 Å². The summed E-state index contributed by atoms with van der Waals surface area (Å²) in [6.07, 6.45) is 6.26. The summed E-state index contributed by atoms with van der Waals surface area (Å²) in [6, 6.07) is 3.47. The van der Waals surface area contributed by atoms with E-state index in [4.69, 9.17) is 5.14 Å². The van der Waals surface area contributed by atoms with Crippen LogP contribution in [-0.2, 0) is 10.0 Å². The monoisotopic (exact) mass is 254 g/mol. The van der Waals surface area contributed by atoms with Gasteiger partial charge in [0.15, 0.2) is 5.03 Å². The lowest BCUT2D eigenvalue weighted by atomic mass is 10.0. The highest BCUT2D eigenvalue weighted by Crippen LogP contribution is 2.24. The molecule has 0 atom stereocenters. The molecule has 0 aliphatic carbocycles. The molecule has 0 aliphatic rings. The fraction of sp³-hybridized carbons (Fsp3) is 0.417. The molecule has 4 nitrogen and oxygen atoms in total. The highest BCUT2D eigenvalue weighted by atomic mass is 32.2. The van der Waals surface area contributed by atoms with Crippen LogP contribution in [0.3, 0.4) is 0 Å².